The van der Waals surface area contributed by atoms with E-state index >= 15 is 0 Å². The summed E-state index contributed by atoms with van der Waals surface area (Å²) in [6, 6.07) is 5.32. The molecule has 1 fully saturated rings. The van der Waals surface area contributed by atoms with Crippen LogP contribution in [-0.2, 0) is 12.0 Å². The highest BCUT2D eigenvalue weighted by atomic mass is 35.5. The normalized spacial score (nSPS) is 22.4. The zero-order chi connectivity index (χ0) is 14.9. The van der Waals surface area contributed by atoms with E-state index in [0.717, 1.165) is 18.5 Å². The quantitative estimate of drug-likeness (QED) is 0.906. The second-order valence-electron chi connectivity index (χ2n) is 5.20. The molecule has 0 aliphatic carbocycles. The molecular formula is C14H15Cl2N3O2. The molecule has 21 heavy (non-hydrogen) atoms. The maximum absolute atomic E-state index is 10.5. The first-order chi connectivity index (χ1) is 10.1. The molecule has 1 unspecified atom stereocenters. The van der Waals surface area contributed by atoms with Crippen LogP contribution in [0.1, 0.15) is 30.1 Å². The van der Waals surface area contributed by atoms with Crippen molar-refractivity contribution in [1.82, 2.24) is 15.5 Å². The van der Waals surface area contributed by atoms with Crippen LogP contribution in [0.25, 0.3) is 0 Å². The molecule has 7 heteroatoms. The highest BCUT2D eigenvalue weighted by molar-refractivity contribution is 6.36. The van der Waals surface area contributed by atoms with Crippen molar-refractivity contribution in [2.45, 2.75) is 24.9 Å². The zero-order valence-corrected chi connectivity index (χ0v) is 12.8. The first kappa shape index (κ1) is 14.8. The number of benzene rings is 1. The topological polar surface area (TPSA) is 71.2 Å². The minimum absolute atomic E-state index is 0.243. The largest absolute Gasteiger partial charge is 0.379 e. The van der Waals surface area contributed by atoms with Crippen molar-refractivity contribution in [3.05, 3.63) is 45.5 Å². The maximum Gasteiger partial charge on any atom is 0.259 e. The summed E-state index contributed by atoms with van der Waals surface area (Å²) in [5.74, 6) is 0.701. The smallest absolute Gasteiger partial charge is 0.259 e. The van der Waals surface area contributed by atoms with E-state index in [9.17, 15) is 5.11 Å². The second-order valence-corrected chi connectivity index (χ2v) is 6.02. The lowest BCUT2D eigenvalue weighted by Crippen LogP contribution is -2.43. The molecule has 0 amide bonds. The zero-order valence-electron chi connectivity index (χ0n) is 11.3. The van der Waals surface area contributed by atoms with Crippen LogP contribution >= 0.6 is 23.2 Å². The fourth-order valence-electron chi connectivity index (χ4n) is 2.45. The number of β-amino-alcohol motifs (C(OH)–C–C–N with tert-alkyl or cyclic N) is 1. The van der Waals surface area contributed by atoms with Crippen LogP contribution in [0.4, 0.5) is 0 Å². The number of nitrogens with one attached hydrogen (secondary N) is 1. The van der Waals surface area contributed by atoms with Crippen molar-refractivity contribution < 1.29 is 9.63 Å². The van der Waals surface area contributed by atoms with Crippen molar-refractivity contribution >= 4 is 23.2 Å². The number of hydrogen-bond acceptors (Lipinski definition) is 5. The summed E-state index contributed by atoms with van der Waals surface area (Å²) in [6.07, 6.45) is 1.84. The molecule has 1 aliphatic rings. The monoisotopic (exact) mass is 327 g/mol. The van der Waals surface area contributed by atoms with Gasteiger partial charge in [-0.05, 0) is 37.1 Å². The summed E-state index contributed by atoms with van der Waals surface area (Å²) < 4.78 is 5.22. The molecular weight excluding hydrogens is 313 g/mol. The fraction of sp³-hybridized carbons (Fsp3) is 0.429. The van der Waals surface area contributed by atoms with Gasteiger partial charge in [0.1, 0.15) is 0 Å². The molecule has 2 N–H and O–H groups in total. The number of nitrogens with zero attached hydrogens (tertiary/aromatic N) is 2. The minimum Gasteiger partial charge on any atom is -0.379 e. The van der Waals surface area contributed by atoms with Gasteiger partial charge >= 0.3 is 0 Å². The fourth-order valence-corrected chi connectivity index (χ4v) is 2.98. The highest BCUT2D eigenvalue weighted by Gasteiger charge is 2.37. The van der Waals surface area contributed by atoms with Crippen molar-refractivity contribution in [3.63, 3.8) is 0 Å². The van der Waals surface area contributed by atoms with Gasteiger partial charge in [0.25, 0.3) is 5.89 Å². The Bertz CT molecular complexity index is 619. The third kappa shape index (κ3) is 3.06. The van der Waals surface area contributed by atoms with Gasteiger partial charge in [0.2, 0.25) is 0 Å². The van der Waals surface area contributed by atoms with Crippen LogP contribution in [0.3, 0.4) is 0 Å². The van der Waals surface area contributed by atoms with Crippen LogP contribution in [0.5, 0.6) is 0 Å². The molecule has 0 spiro atoms. The van der Waals surface area contributed by atoms with Crippen LogP contribution in [0.15, 0.2) is 22.7 Å². The van der Waals surface area contributed by atoms with Crippen molar-refractivity contribution in [3.8, 4) is 0 Å². The average Bonchev–Trinajstić information content (AvgIpc) is 2.93. The summed E-state index contributed by atoms with van der Waals surface area (Å²) in [6.45, 7) is 1.31. The van der Waals surface area contributed by atoms with Crippen molar-refractivity contribution in [2.75, 3.05) is 13.1 Å². The average molecular weight is 328 g/mol. The van der Waals surface area contributed by atoms with E-state index in [4.69, 9.17) is 27.7 Å². The molecule has 5 nitrogen and oxygen atoms in total. The van der Waals surface area contributed by atoms with Crippen molar-refractivity contribution in [1.29, 1.82) is 0 Å². The Kier molecular flexibility index (Phi) is 4.17. The number of piperidine rings is 1. The lowest BCUT2D eigenvalue weighted by atomic mass is 9.94. The van der Waals surface area contributed by atoms with Gasteiger partial charge in [0.05, 0.1) is 0 Å². The molecule has 0 saturated carbocycles. The molecule has 1 aliphatic heterocycles. The molecule has 0 radical (unpaired) electrons. The van der Waals surface area contributed by atoms with E-state index in [2.05, 4.69) is 15.5 Å². The summed E-state index contributed by atoms with van der Waals surface area (Å²) in [5, 5.41) is 18.7. The Morgan fingerprint density at radius 3 is 2.76 bits per heavy atom. The second kappa shape index (κ2) is 5.93. The minimum atomic E-state index is -1.09. The number of rotatable bonds is 3. The maximum atomic E-state index is 10.5. The predicted molar refractivity (Wildman–Crippen MR) is 79.6 cm³/mol. The lowest BCUT2D eigenvalue weighted by Gasteiger charge is -2.28. The van der Waals surface area contributed by atoms with E-state index in [1.165, 1.54) is 0 Å². The lowest BCUT2D eigenvalue weighted by molar-refractivity contribution is -0.0167. The Labute approximate surface area is 132 Å². The van der Waals surface area contributed by atoms with Crippen LogP contribution in [0.2, 0.25) is 10.0 Å². The molecule has 112 valence electrons. The molecule has 2 heterocycles. The van der Waals surface area contributed by atoms with Gasteiger partial charge in [0.15, 0.2) is 11.4 Å². The third-order valence-corrected chi connectivity index (χ3v) is 4.33. The Hall–Kier alpha value is -1.14. The Morgan fingerprint density at radius 1 is 1.33 bits per heavy atom. The summed E-state index contributed by atoms with van der Waals surface area (Å²) in [5.41, 5.74) is -0.338. The molecule has 1 saturated heterocycles. The molecule has 3 rings (SSSR count). The number of aromatic nitrogens is 2. The first-order valence-corrected chi connectivity index (χ1v) is 7.53. The predicted octanol–water partition coefficient (Wildman–Crippen LogP) is 2.54. The summed E-state index contributed by atoms with van der Waals surface area (Å²) in [4.78, 5) is 4.30. The molecule has 2 aromatic rings. The SMILES string of the molecule is OC1(c2nc(Cc3c(Cl)cccc3Cl)no2)CCCNC1. The van der Waals surface area contributed by atoms with Gasteiger partial charge in [-0.2, -0.15) is 4.98 Å². The van der Waals surface area contributed by atoms with Gasteiger partial charge in [-0.25, -0.2) is 0 Å². The van der Waals surface area contributed by atoms with E-state index < -0.39 is 5.60 Å². The van der Waals surface area contributed by atoms with E-state index in [1.54, 1.807) is 18.2 Å². The molecule has 1 atom stereocenters. The number of aliphatic hydroxyl groups is 1. The Balaban J connectivity index is 1.82. The first-order valence-electron chi connectivity index (χ1n) is 6.77. The standard InChI is InChI=1S/C14H15Cl2N3O2/c15-10-3-1-4-11(16)9(10)7-12-18-13(21-19-12)14(20)5-2-6-17-8-14/h1,3-4,17,20H,2,5-8H2. The molecule has 0 bridgehead atoms. The van der Waals surface area contributed by atoms with Gasteiger partial charge in [0, 0.05) is 23.0 Å². The number of halogens is 2. The highest BCUT2D eigenvalue weighted by Crippen LogP contribution is 2.29. The summed E-state index contributed by atoms with van der Waals surface area (Å²) >= 11 is 12.3. The molecule has 1 aromatic carbocycles. The van der Waals surface area contributed by atoms with Gasteiger partial charge in [-0.3, -0.25) is 0 Å². The van der Waals surface area contributed by atoms with Crippen LogP contribution < -0.4 is 5.32 Å². The molecule has 1 aromatic heterocycles. The van der Waals surface area contributed by atoms with E-state index in [0.29, 0.717) is 35.3 Å². The van der Waals surface area contributed by atoms with Crippen molar-refractivity contribution in [2.24, 2.45) is 0 Å². The van der Waals surface area contributed by atoms with E-state index in [-0.39, 0.29) is 5.89 Å². The Morgan fingerprint density at radius 2 is 2.10 bits per heavy atom. The van der Waals surface area contributed by atoms with Gasteiger partial charge in [-0.1, -0.05) is 34.4 Å². The third-order valence-electron chi connectivity index (χ3n) is 3.62. The van der Waals surface area contributed by atoms with Crippen LogP contribution in [0, 0.1) is 0 Å². The van der Waals surface area contributed by atoms with Gasteiger partial charge < -0.3 is 14.9 Å². The van der Waals surface area contributed by atoms with Gasteiger partial charge in [-0.15, -0.1) is 0 Å². The summed E-state index contributed by atoms with van der Waals surface area (Å²) in [7, 11) is 0. The van der Waals surface area contributed by atoms with Crippen LogP contribution in [-0.4, -0.2) is 28.3 Å². The number of hydrogen-bond donors (Lipinski definition) is 2. The van der Waals surface area contributed by atoms with E-state index in [1.807, 2.05) is 0 Å².